The molecule has 1 N–H and O–H groups in total. The first-order chi connectivity index (χ1) is 7.08. The molecule has 0 fully saturated rings. The van der Waals surface area contributed by atoms with Crippen LogP contribution in [-0.2, 0) is 0 Å². The zero-order valence-electron chi connectivity index (χ0n) is 7.64. The molecule has 0 amide bonds. The molecule has 0 aliphatic carbocycles. The van der Waals surface area contributed by atoms with Gasteiger partial charge >= 0.3 is 5.97 Å². The summed E-state index contributed by atoms with van der Waals surface area (Å²) in [6, 6.07) is 0. The number of hydrogen-bond acceptors (Lipinski definition) is 4. The number of carboxylic acid groups (broad SMARTS) is 1. The topological polar surface area (TPSA) is 68.0 Å². The molecule has 2 aromatic rings. The molecule has 2 heterocycles. The Kier molecular flexibility index (Phi) is 2.45. The van der Waals surface area contributed by atoms with Crippen molar-refractivity contribution in [3.8, 4) is 5.13 Å². The largest absolute Gasteiger partial charge is 0.477 e. The van der Waals surface area contributed by atoms with Crippen LogP contribution in [0.15, 0.2) is 12.4 Å². The molecule has 0 aromatic carbocycles. The summed E-state index contributed by atoms with van der Waals surface area (Å²) in [7, 11) is 0. The second-order valence-corrected chi connectivity index (χ2v) is 4.22. The number of halogens is 1. The summed E-state index contributed by atoms with van der Waals surface area (Å²) in [5.41, 5.74) is 0.971. The third kappa shape index (κ3) is 1.86. The summed E-state index contributed by atoms with van der Waals surface area (Å²) in [4.78, 5) is 14.7. The maximum atomic E-state index is 10.7. The molecule has 0 saturated carbocycles. The van der Waals surface area contributed by atoms with E-state index in [1.165, 1.54) is 4.68 Å². The monoisotopic (exact) mass is 243 g/mol. The van der Waals surface area contributed by atoms with Crippen LogP contribution in [0.5, 0.6) is 0 Å². The predicted octanol–water partition coefficient (Wildman–Crippen LogP) is 1.99. The minimum absolute atomic E-state index is 0.00402. The van der Waals surface area contributed by atoms with Crippen molar-refractivity contribution in [3.05, 3.63) is 28.0 Å². The van der Waals surface area contributed by atoms with Crippen LogP contribution in [0.1, 0.15) is 15.2 Å². The zero-order chi connectivity index (χ0) is 11.0. The van der Waals surface area contributed by atoms with Gasteiger partial charge in [-0.1, -0.05) is 22.9 Å². The Hall–Kier alpha value is -1.40. The van der Waals surface area contributed by atoms with Crippen molar-refractivity contribution in [1.29, 1.82) is 0 Å². The van der Waals surface area contributed by atoms with Gasteiger partial charge in [-0.2, -0.15) is 5.10 Å². The Labute approximate surface area is 93.9 Å². The van der Waals surface area contributed by atoms with E-state index in [-0.39, 0.29) is 10.0 Å². The molecule has 5 nitrogen and oxygen atoms in total. The van der Waals surface area contributed by atoms with Gasteiger partial charge in [-0.15, -0.1) is 0 Å². The average Bonchev–Trinajstić information content (AvgIpc) is 2.71. The Morgan fingerprint density at radius 3 is 2.87 bits per heavy atom. The third-order valence-electron chi connectivity index (χ3n) is 1.68. The first kappa shape index (κ1) is 10.1. The van der Waals surface area contributed by atoms with Crippen LogP contribution >= 0.6 is 22.9 Å². The van der Waals surface area contributed by atoms with Gasteiger partial charge in [0.15, 0.2) is 10.0 Å². The fourth-order valence-electron chi connectivity index (χ4n) is 1.04. The van der Waals surface area contributed by atoms with E-state index < -0.39 is 5.97 Å². The lowest BCUT2D eigenvalue weighted by molar-refractivity contribution is 0.0702. The van der Waals surface area contributed by atoms with E-state index in [9.17, 15) is 4.79 Å². The quantitative estimate of drug-likeness (QED) is 0.876. The highest BCUT2D eigenvalue weighted by molar-refractivity contribution is 7.16. The smallest absolute Gasteiger partial charge is 0.349 e. The van der Waals surface area contributed by atoms with Crippen molar-refractivity contribution in [2.24, 2.45) is 0 Å². The van der Waals surface area contributed by atoms with Gasteiger partial charge in [0.1, 0.15) is 0 Å². The van der Waals surface area contributed by atoms with Crippen molar-refractivity contribution in [2.45, 2.75) is 6.92 Å². The van der Waals surface area contributed by atoms with Gasteiger partial charge in [0.25, 0.3) is 0 Å². The highest BCUT2D eigenvalue weighted by Gasteiger charge is 2.16. The Morgan fingerprint density at radius 1 is 1.67 bits per heavy atom. The van der Waals surface area contributed by atoms with Gasteiger partial charge < -0.3 is 5.11 Å². The molecule has 7 heteroatoms. The number of aromatic nitrogens is 3. The minimum Gasteiger partial charge on any atom is -0.477 e. The normalized spacial score (nSPS) is 10.5. The minimum atomic E-state index is -1.08. The SMILES string of the molecule is Cc1cnn(-c2nc(Cl)c(C(=O)O)s2)c1. The van der Waals surface area contributed by atoms with Crippen LogP contribution in [0, 0.1) is 6.92 Å². The number of hydrogen-bond donors (Lipinski definition) is 1. The first-order valence-corrected chi connectivity index (χ1v) is 5.18. The van der Waals surface area contributed by atoms with E-state index in [0.29, 0.717) is 5.13 Å². The molecule has 0 spiro atoms. The number of aryl methyl sites for hydroxylation is 1. The zero-order valence-corrected chi connectivity index (χ0v) is 9.21. The van der Waals surface area contributed by atoms with Gasteiger partial charge in [0.05, 0.1) is 6.20 Å². The van der Waals surface area contributed by atoms with Gasteiger partial charge in [-0.3, -0.25) is 0 Å². The molecule has 0 aliphatic heterocycles. The number of carboxylic acids is 1. The van der Waals surface area contributed by atoms with E-state index in [2.05, 4.69) is 10.1 Å². The van der Waals surface area contributed by atoms with Crippen molar-refractivity contribution in [1.82, 2.24) is 14.8 Å². The standard InChI is InChI=1S/C8H6ClN3O2S/c1-4-2-10-12(3-4)8-11-6(9)5(15-8)7(13)14/h2-3H,1H3,(H,13,14). The maximum Gasteiger partial charge on any atom is 0.349 e. The molecule has 78 valence electrons. The molecule has 15 heavy (non-hydrogen) atoms. The lowest BCUT2D eigenvalue weighted by Crippen LogP contribution is -1.92. The van der Waals surface area contributed by atoms with E-state index in [4.69, 9.17) is 16.7 Å². The van der Waals surface area contributed by atoms with E-state index in [0.717, 1.165) is 16.9 Å². The Balaban J connectivity index is 2.46. The molecule has 0 bridgehead atoms. The van der Waals surface area contributed by atoms with Gasteiger partial charge in [0, 0.05) is 6.20 Å². The average molecular weight is 244 g/mol. The summed E-state index contributed by atoms with van der Waals surface area (Å²) in [6.45, 7) is 1.89. The molecule has 2 rings (SSSR count). The van der Waals surface area contributed by atoms with Crippen molar-refractivity contribution in [2.75, 3.05) is 0 Å². The molecule has 0 aliphatic rings. The number of nitrogens with zero attached hydrogens (tertiary/aromatic N) is 3. The number of aromatic carboxylic acids is 1. The highest BCUT2D eigenvalue weighted by Crippen LogP contribution is 2.25. The second-order valence-electron chi connectivity index (χ2n) is 2.88. The van der Waals surface area contributed by atoms with Crippen molar-refractivity contribution in [3.63, 3.8) is 0 Å². The fourth-order valence-corrected chi connectivity index (χ4v) is 2.10. The summed E-state index contributed by atoms with van der Waals surface area (Å²) in [5.74, 6) is -1.08. The first-order valence-electron chi connectivity index (χ1n) is 3.99. The lowest BCUT2D eigenvalue weighted by Gasteiger charge is -1.90. The number of rotatable bonds is 2. The summed E-state index contributed by atoms with van der Waals surface area (Å²) in [6.07, 6.45) is 3.41. The van der Waals surface area contributed by atoms with E-state index in [1.807, 2.05) is 6.92 Å². The number of thiazole rings is 1. The highest BCUT2D eigenvalue weighted by atomic mass is 35.5. The van der Waals surface area contributed by atoms with E-state index in [1.54, 1.807) is 12.4 Å². The molecular formula is C8H6ClN3O2S. The van der Waals surface area contributed by atoms with Crippen LogP contribution in [0.25, 0.3) is 5.13 Å². The van der Waals surface area contributed by atoms with Crippen LogP contribution in [0.2, 0.25) is 5.15 Å². The van der Waals surface area contributed by atoms with Crippen LogP contribution in [0.3, 0.4) is 0 Å². The van der Waals surface area contributed by atoms with E-state index >= 15 is 0 Å². The van der Waals surface area contributed by atoms with Crippen LogP contribution in [0.4, 0.5) is 0 Å². The molecule has 0 unspecified atom stereocenters. The van der Waals surface area contributed by atoms with Crippen LogP contribution < -0.4 is 0 Å². The Morgan fingerprint density at radius 2 is 2.40 bits per heavy atom. The molecule has 0 atom stereocenters. The van der Waals surface area contributed by atoms with Gasteiger partial charge in [0.2, 0.25) is 5.13 Å². The van der Waals surface area contributed by atoms with Gasteiger partial charge in [-0.25, -0.2) is 14.5 Å². The third-order valence-corrected chi connectivity index (χ3v) is 3.10. The van der Waals surface area contributed by atoms with Gasteiger partial charge in [-0.05, 0) is 12.5 Å². The molecule has 2 aromatic heterocycles. The van der Waals surface area contributed by atoms with Crippen molar-refractivity contribution < 1.29 is 9.90 Å². The molecular weight excluding hydrogens is 238 g/mol. The number of carbonyl (C=O) groups is 1. The lowest BCUT2D eigenvalue weighted by atomic mass is 10.4. The Bertz CT molecular complexity index is 520. The second kappa shape index (κ2) is 3.63. The molecule has 0 radical (unpaired) electrons. The van der Waals surface area contributed by atoms with Crippen molar-refractivity contribution >= 4 is 28.9 Å². The maximum absolute atomic E-state index is 10.7. The fraction of sp³-hybridized carbons (Fsp3) is 0.125. The summed E-state index contributed by atoms with van der Waals surface area (Å²) >= 11 is 6.67. The summed E-state index contributed by atoms with van der Waals surface area (Å²) in [5, 5.41) is 13.2. The van der Waals surface area contributed by atoms with Crippen LogP contribution in [-0.4, -0.2) is 25.8 Å². The summed E-state index contributed by atoms with van der Waals surface area (Å²) < 4.78 is 1.50. The molecule has 0 saturated heterocycles. The predicted molar refractivity (Wildman–Crippen MR) is 55.9 cm³/mol.